The van der Waals surface area contributed by atoms with E-state index in [1.807, 2.05) is 30.3 Å². The Bertz CT molecular complexity index is 1080. The summed E-state index contributed by atoms with van der Waals surface area (Å²) in [7, 11) is 1.55. The van der Waals surface area contributed by atoms with E-state index in [0.29, 0.717) is 29.4 Å². The second-order valence-electron chi connectivity index (χ2n) is 6.72. The number of aromatic hydroxyl groups is 1. The van der Waals surface area contributed by atoms with Gasteiger partial charge in [-0.05, 0) is 53.6 Å². The summed E-state index contributed by atoms with van der Waals surface area (Å²) in [6.07, 6.45) is 2.66. The number of rotatable bonds is 9. The summed E-state index contributed by atoms with van der Waals surface area (Å²) in [4.78, 5) is 23.8. The van der Waals surface area contributed by atoms with Crippen LogP contribution in [-0.2, 0) is 20.9 Å². The molecule has 0 unspecified atom stereocenters. The van der Waals surface area contributed by atoms with Crippen LogP contribution in [0.25, 0.3) is 6.08 Å². The van der Waals surface area contributed by atoms with Gasteiger partial charge in [-0.1, -0.05) is 36.4 Å². The second kappa shape index (κ2) is 11.2. The summed E-state index contributed by atoms with van der Waals surface area (Å²) in [6.45, 7) is -0.0960. The summed E-state index contributed by atoms with van der Waals surface area (Å²) in [5, 5.41) is 12.8. The largest absolute Gasteiger partial charge is 0.504 e. The highest BCUT2D eigenvalue weighted by molar-refractivity contribution is 5.94. The van der Waals surface area contributed by atoms with Crippen LogP contribution in [0.15, 0.2) is 78.9 Å². The molecule has 0 aliphatic rings. The highest BCUT2D eigenvalue weighted by Gasteiger charge is 2.07. The third-order valence-corrected chi connectivity index (χ3v) is 4.35. The number of methoxy groups -OCH3 is 1. The highest BCUT2D eigenvalue weighted by atomic mass is 16.5. The third kappa shape index (κ3) is 6.91. The van der Waals surface area contributed by atoms with Gasteiger partial charge in [-0.3, -0.25) is 4.79 Å². The van der Waals surface area contributed by atoms with Crippen LogP contribution in [0.5, 0.6) is 17.2 Å². The molecule has 3 aromatic carbocycles. The lowest BCUT2D eigenvalue weighted by molar-refractivity contribution is -0.142. The van der Waals surface area contributed by atoms with Gasteiger partial charge in [-0.25, -0.2) is 4.79 Å². The Hall–Kier alpha value is -4.26. The molecular weight excluding hydrogens is 410 g/mol. The first-order valence-corrected chi connectivity index (χ1v) is 9.82. The molecule has 0 aromatic heterocycles. The number of hydrogen-bond acceptors (Lipinski definition) is 6. The number of phenolic OH excluding ortho intramolecular Hbond substituents is 1. The lowest BCUT2D eigenvalue weighted by Gasteiger charge is -2.08. The monoisotopic (exact) mass is 433 g/mol. The van der Waals surface area contributed by atoms with Crippen LogP contribution in [0.2, 0.25) is 0 Å². The number of hydrogen-bond donors (Lipinski definition) is 2. The van der Waals surface area contributed by atoms with Gasteiger partial charge in [0.25, 0.3) is 5.91 Å². The minimum atomic E-state index is -0.682. The van der Waals surface area contributed by atoms with Gasteiger partial charge in [-0.15, -0.1) is 0 Å². The first-order valence-electron chi connectivity index (χ1n) is 9.82. The number of amides is 1. The molecule has 0 spiro atoms. The van der Waals surface area contributed by atoms with Gasteiger partial charge in [0.2, 0.25) is 0 Å². The van der Waals surface area contributed by atoms with Crippen LogP contribution in [0.1, 0.15) is 11.1 Å². The van der Waals surface area contributed by atoms with Crippen LogP contribution in [0.3, 0.4) is 0 Å². The molecule has 0 heterocycles. The average Bonchev–Trinajstić information content (AvgIpc) is 2.82. The van der Waals surface area contributed by atoms with Crippen molar-refractivity contribution in [1.82, 2.24) is 0 Å². The van der Waals surface area contributed by atoms with E-state index in [1.54, 1.807) is 43.5 Å². The lowest BCUT2D eigenvalue weighted by Crippen LogP contribution is -2.20. The topological polar surface area (TPSA) is 94.1 Å². The molecule has 3 rings (SSSR count). The van der Waals surface area contributed by atoms with E-state index in [4.69, 9.17) is 14.2 Å². The number of phenols is 1. The quantitative estimate of drug-likeness (QED) is 0.389. The Balaban J connectivity index is 1.45. The van der Waals surface area contributed by atoms with E-state index in [1.165, 1.54) is 18.2 Å². The van der Waals surface area contributed by atoms with Crippen molar-refractivity contribution >= 4 is 23.6 Å². The van der Waals surface area contributed by atoms with E-state index in [9.17, 15) is 14.7 Å². The molecule has 3 aromatic rings. The van der Waals surface area contributed by atoms with E-state index >= 15 is 0 Å². The Labute approximate surface area is 185 Å². The van der Waals surface area contributed by atoms with Gasteiger partial charge in [0, 0.05) is 11.8 Å². The number of ether oxygens (including phenoxy) is 3. The van der Waals surface area contributed by atoms with E-state index in [0.717, 1.165) is 5.56 Å². The summed E-state index contributed by atoms with van der Waals surface area (Å²) in [5.74, 6) is -0.186. The molecule has 0 aliphatic carbocycles. The van der Waals surface area contributed by atoms with Gasteiger partial charge < -0.3 is 24.6 Å². The molecule has 32 heavy (non-hydrogen) atoms. The molecule has 0 atom stereocenters. The van der Waals surface area contributed by atoms with Gasteiger partial charge in [0.1, 0.15) is 12.4 Å². The summed E-state index contributed by atoms with van der Waals surface area (Å²) >= 11 is 0. The maximum Gasteiger partial charge on any atom is 0.331 e. The molecule has 0 fully saturated rings. The number of anilines is 1. The molecule has 0 bridgehead atoms. The first kappa shape index (κ1) is 22.4. The zero-order chi connectivity index (χ0) is 22.8. The molecule has 2 N–H and O–H groups in total. The molecule has 0 radical (unpaired) electrons. The number of nitrogens with one attached hydrogen (secondary N) is 1. The highest BCUT2D eigenvalue weighted by Crippen LogP contribution is 2.28. The van der Waals surface area contributed by atoms with Crippen molar-refractivity contribution < 1.29 is 28.9 Å². The van der Waals surface area contributed by atoms with Gasteiger partial charge >= 0.3 is 5.97 Å². The maximum atomic E-state index is 11.9. The van der Waals surface area contributed by atoms with Crippen LogP contribution in [-0.4, -0.2) is 30.7 Å². The number of esters is 1. The molecule has 1 amide bonds. The lowest BCUT2D eigenvalue weighted by atomic mass is 10.2. The predicted molar refractivity (Wildman–Crippen MR) is 120 cm³/mol. The van der Waals surface area contributed by atoms with Gasteiger partial charge in [0.15, 0.2) is 18.1 Å². The van der Waals surface area contributed by atoms with Crippen molar-refractivity contribution in [3.05, 3.63) is 90.0 Å². The van der Waals surface area contributed by atoms with Crippen LogP contribution in [0, 0.1) is 0 Å². The second-order valence-corrected chi connectivity index (χ2v) is 6.72. The number of carbonyl (C=O) groups is 2. The fraction of sp³-hybridized carbons (Fsp3) is 0.120. The van der Waals surface area contributed by atoms with Gasteiger partial charge in [0.05, 0.1) is 7.11 Å². The average molecular weight is 433 g/mol. The summed E-state index contributed by atoms with van der Waals surface area (Å²) < 4.78 is 15.6. The maximum absolute atomic E-state index is 11.9. The van der Waals surface area contributed by atoms with Crippen molar-refractivity contribution in [2.75, 3.05) is 19.0 Å². The van der Waals surface area contributed by atoms with E-state index in [2.05, 4.69) is 5.32 Å². The van der Waals surface area contributed by atoms with E-state index in [-0.39, 0.29) is 5.75 Å². The van der Waals surface area contributed by atoms with Crippen molar-refractivity contribution in [3.63, 3.8) is 0 Å². The SMILES string of the molecule is COc1ccc(NC(=O)COC(=O)/C=C/c2ccc(OCc3ccccc3)c(O)c2)cc1. The summed E-state index contributed by atoms with van der Waals surface area (Å²) in [6, 6.07) is 21.1. The molecule has 7 heteroatoms. The molecular formula is C25H23NO6. The van der Waals surface area contributed by atoms with Crippen LogP contribution >= 0.6 is 0 Å². The zero-order valence-corrected chi connectivity index (χ0v) is 17.5. The van der Waals surface area contributed by atoms with Crippen molar-refractivity contribution in [2.24, 2.45) is 0 Å². The smallest absolute Gasteiger partial charge is 0.331 e. The minimum absolute atomic E-state index is 0.0460. The first-order chi connectivity index (χ1) is 15.5. The zero-order valence-electron chi connectivity index (χ0n) is 17.5. The van der Waals surface area contributed by atoms with Crippen molar-refractivity contribution in [1.29, 1.82) is 0 Å². The van der Waals surface area contributed by atoms with Crippen molar-refractivity contribution in [2.45, 2.75) is 6.61 Å². The predicted octanol–water partition coefficient (Wildman–Crippen LogP) is 4.17. The summed E-state index contributed by atoms with van der Waals surface area (Å²) in [5.41, 5.74) is 2.12. The Kier molecular flexibility index (Phi) is 7.86. The van der Waals surface area contributed by atoms with Gasteiger partial charge in [-0.2, -0.15) is 0 Å². The molecule has 164 valence electrons. The number of carbonyl (C=O) groups excluding carboxylic acids is 2. The molecule has 0 saturated carbocycles. The van der Waals surface area contributed by atoms with Crippen LogP contribution in [0.4, 0.5) is 5.69 Å². The molecule has 7 nitrogen and oxygen atoms in total. The molecule has 0 aliphatic heterocycles. The third-order valence-electron chi connectivity index (χ3n) is 4.35. The Morgan fingerprint density at radius 2 is 1.75 bits per heavy atom. The molecule has 0 saturated heterocycles. The van der Waals surface area contributed by atoms with E-state index < -0.39 is 18.5 Å². The standard InChI is InChI=1S/C25H23NO6/c1-30-21-11-9-20(10-12-21)26-24(28)17-32-25(29)14-8-18-7-13-23(22(27)15-18)31-16-19-5-3-2-4-6-19/h2-15,27H,16-17H2,1H3,(H,26,28)/b14-8+. The Morgan fingerprint density at radius 1 is 1.00 bits per heavy atom. The van der Waals surface area contributed by atoms with Crippen LogP contribution < -0.4 is 14.8 Å². The Morgan fingerprint density at radius 3 is 2.44 bits per heavy atom. The minimum Gasteiger partial charge on any atom is -0.504 e. The van der Waals surface area contributed by atoms with Crippen molar-refractivity contribution in [3.8, 4) is 17.2 Å². The fourth-order valence-corrected chi connectivity index (χ4v) is 2.72. The fourth-order valence-electron chi connectivity index (χ4n) is 2.72. The number of benzene rings is 3. The normalized spacial score (nSPS) is 10.5.